The summed E-state index contributed by atoms with van der Waals surface area (Å²) in [5.74, 6) is 0.250. The van der Waals surface area contributed by atoms with E-state index in [4.69, 9.17) is 6.57 Å². The van der Waals surface area contributed by atoms with Crippen molar-refractivity contribution in [2.75, 3.05) is 13.7 Å². The summed E-state index contributed by atoms with van der Waals surface area (Å²) in [6.45, 7) is 11.5. The van der Waals surface area contributed by atoms with Crippen LogP contribution < -0.4 is 5.32 Å². The number of halogens is 1. The van der Waals surface area contributed by atoms with Gasteiger partial charge < -0.3 is 24.8 Å². The van der Waals surface area contributed by atoms with E-state index in [1.54, 1.807) is 11.1 Å². The van der Waals surface area contributed by atoms with Crippen LogP contribution in [0.1, 0.15) is 32.1 Å². The Hall–Kier alpha value is -2.86. The van der Waals surface area contributed by atoms with Gasteiger partial charge in [0.15, 0.2) is 0 Å². The van der Waals surface area contributed by atoms with Gasteiger partial charge in [-0.05, 0) is 23.6 Å². The zero-order valence-electron chi connectivity index (χ0n) is 17.1. The molecular formula is C21H24BrN5O3. The number of imidazole rings is 1. The highest BCUT2D eigenvalue weighted by molar-refractivity contribution is 9.10. The topological polar surface area (TPSA) is 91.7 Å². The van der Waals surface area contributed by atoms with Gasteiger partial charge in [-0.3, -0.25) is 4.79 Å². The number of carbonyl (C=O) groups is 2. The van der Waals surface area contributed by atoms with Gasteiger partial charge in [0.2, 0.25) is 11.9 Å². The number of nitrogens with zero attached hydrogens (tertiary/aromatic N) is 3. The van der Waals surface area contributed by atoms with Gasteiger partial charge in [-0.25, -0.2) is 16.4 Å². The molecule has 3 atom stereocenters. The largest absolute Gasteiger partial charge is 0.453 e. The lowest BCUT2D eigenvalue weighted by Gasteiger charge is -2.29. The van der Waals surface area contributed by atoms with Crippen LogP contribution in [0.15, 0.2) is 34.9 Å². The maximum atomic E-state index is 13.3. The van der Waals surface area contributed by atoms with Crippen LogP contribution in [0.25, 0.3) is 16.1 Å². The molecular weight excluding hydrogens is 450 g/mol. The van der Waals surface area contributed by atoms with Crippen LogP contribution in [0.3, 0.4) is 0 Å². The highest BCUT2D eigenvalue weighted by Gasteiger charge is 2.44. The number of hydrogen-bond donors (Lipinski definition) is 2. The Morgan fingerprint density at radius 3 is 2.67 bits per heavy atom. The van der Waals surface area contributed by atoms with Crippen LogP contribution in [-0.2, 0) is 9.53 Å². The van der Waals surface area contributed by atoms with Crippen molar-refractivity contribution >= 4 is 27.9 Å². The van der Waals surface area contributed by atoms with Gasteiger partial charge in [0.05, 0.1) is 38.0 Å². The molecule has 2 amide bonds. The lowest BCUT2D eigenvalue weighted by molar-refractivity contribution is -0.135. The first-order valence-electron chi connectivity index (χ1n) is 9.66. The van der Waals surface area contributed by atoms with Crippen LogP contribution in [0.4, 0.5) is 4.79 Å². The molecule has 3 rings (SSSR count). The van der Waals surface area contributed by atoms with Crippen molar-refractivity contribution in [3.63, 3.8) is 0 Å². The fourth-order valence-electron chi connectivity index (χ4n) is 3.57. The molecule has 9 heteroatoms. The normalized spacial score (nSPS) is 19.4. The predicted octanol–water partition coefficient (Wildman–Crippen LogP) is 3.78. The van der Waals surface area contributed by atoms with Crippen LogP contribution in [-0.4, -0.2) is 52.6 Å². The zero-order chi connectivity index (χ0) is 21.8. The second-order valence-electron chi connectivity index (χ2n) is 7.57. The molecule has 8 nitrogen and oxygen atoms in total. The first-order chi connectivity index (χ1) is 14.3. The summed E-state index contributed by atoms with van der Waals surface area (Å²) in [5.41, 5.74) is 1.81. The number of carbonyl (C=O) groups excluding carboxylic acids is 2. The molecule has 0 radical (unpaired) electrons. The number of methoxy groups -OCH3 is 1. The van der Waals surface area contributed by atoms with Crippen molar-refractivity contribution in [1.82, 2.24) is 20.2 Å². The molecule has 2 heterocycles. The van der Waals surface area contributed by atoms with E-state index in [0.717, 1.165) is 15.7 Å². The van der Waals surface area contributed by atoms with Gasteiger partial charge in [-0.1, -0.05) is 41.9 Å². The fourth-order valence-corrected chi connectivity index (χ4v) is 3.83. The number of benzene rings is 1. The molecule has 1 aromatic carbocycles. The van der Waals surface area contributed by atoms with Crippen LogP contribution in [0.5, 0.6) is 0 Å². The third-order valence-electron chi connectivity index (χ3n) is 5.20. The number of amides is 2. The third kappa shape index (κ3) is 4.65. The van der Waals surface area contributed by atoms with Gasteiger partial charge in [0, 0.05) is 4.47 Å². The Labute approximate surface area is 184 Å². The Balaban J connectivity index is 1.87. The number of aromatic nitrogens is 2. The molecule has 1 aliphatic rings. The highest BCUT2D eigenvalue weighted by atomic mass is 79.9. The number of hydrogen-bond acceptors (Lipinski definition) is 4. The highest BCUT2D eigenvalue weighted by Crippen LogP contribution is 2.34. The molecule has 30 heavy (non-hydrogen) atoms. The van der Waals surface area contributed by atoms with Crippen molar-refractivity contribution in [3.05, 3.63) is 52.2 Å². The van der Waals surface area contributed by atoms with Gasteiger partial charge in [0.1, 0.15) is 11.9 Å². The Morgan fingerprint density at radius 2 is 2.07 bits per heavy atom. The number of likely N-dealkylation sites (tertiary alicyclic amines) is 1. The van der Waals surface area contributed by atoms with E-state index in [9.17, 15) is 9.59 Å². The number of ether oxygens (including phenoxy) is 1. The van der Waals surface area contributed by atoms with Gasteiger partial charge in [-0.2, -0.15) is 0 Å². The van der Waals surface area contributed by atoms with Crippen LogP contribution >= 0.6 is 15.9 Å². The van der Waals surface area contributed by atoms with Crippen molar-refractivity contribution < 1.29 is 14.3 Å². The smallest absolute Gasteiger partial charge is 0.407 e. The van der Waals surface area contributed by atoms with Gasteiger partial charge in [-0.15, -0.1) is 0 Å². The number of nitrogens with one attached hydrogen (secondary N) is 2. The molecule has 1 aromatic heterocycles. The second-order valence-corrected chi connectivity index (χ2v) is 8.49. The molecule has 0 bridgehead atoms. The van der Waals surface area contributed by atoms with Gasteiger partial charge in [0.25, 0.3) is 0 Å². The number of alkyl carbamates (subject to hydrolysis) is 1. The minimum Gasteiger partial charge on any atom is -0.453 e. The van der Waals surface area contributed by atoms with E-state index < -0.39 is 12.1 Å². The average molecular weight is 474 g/mol. The Kier molecular flexibility index (Phi) is 6.77. The summed E-state index contributed by atoms with van der Waals surface area (Å²) >= 11 is 3.43. The zero-order valence-corrected chi connectivity index (χ0v) is 18.6. The van der Waals surface area contributed by atoms with E-state index in [2.05, 4.69) is 40.8 Å². The lowest BCUT2D eigenvalue weighted by atomic mass is 10.0. The van der Waals surface area contributed by atoms with E-state index in [0.29, 0.717) is 18.8 Å². The molecule has 1 aliphatic heterocycles. The maximum Gasteiger partial charge on any atom is 0.407 e. The van der Waals surface area contributed by atoms with E-state index >= 15 is 0 Å². The molecule has 0 saturated carbocycles. The summed E-state index contributed by atoms with van der Waals surface area (Å²) in [5, 5.41) is 2.62. The average Bonchev–Trinajstić information content (AvgIpc) is 3.38. The molecule has 2 aromatic rings. The maximum absolute atomic E-state index is 13.3. The number of H-pyrrole nitrogens is 1. The quantitative estimate of drug-likeness (QED) is 0.646. The molecule has 0 unspecified atom stereocenters. The number of aromatic amines is 1. The minimum atomic E-state index is -0.745. The molecule has 0 aliphatic carbocycles. The first kappa shape index (κ1) is 21.8. The Bertz CT molecular complexity index is 950. The third-order valence-corrected chi connectivity index (χ3v) is 5.73. The van der Waals surface area contributed by atoms with Crippen molar-refractivity contribution in [2.45, 2.75) is 38.4 Å². The second kappa shape index (κ2) is 9.30. The SMILES string of the molecule is [C-]#[N+][C@@H]1C[C@@H](c2ncc(-c3ccc(Br)cc3)[nH]2)N(C(=O)[C@@H](NC(=O)OC)C(C)C)C1. The molecule has 158 valence electrons. The Morgan fingerprint density at radius 1 is 1.37 bits per heavy atom. The summed E-state index contributed by atoms with van der Waals surface area (Å²) < 4.78 is 5.65. The molecule has 0 spiro atoms. The van der Waals surface area contributed by atoms with E-state index in [-0.39, 0.29) is 23.9 Å². The summed E-state index contributed by atoms with van der Waals surface area (Å²) in [7, 11) is 1.26. The van der Waals surface area contributed by atoms with Crippen molar-refractivity contribution in [2.24, 2.45) is 5.92 Å². The fraction of sp³-hybridized carbons (Fsp3) is 0.429. The van der Waals surface area contributed by atoms with E-state index in [1.807, 2.05) is 38.1 Å². The van der Waals surface area contributed by atoms with Crippen LogP contribution in [0.2, 0.25) is 0 Å². The molecule has 2 N–H and O–H groups in total. The van der Waals surface area contributed by atoms with Crippen LogP contribution in [0, 0.1) is 12.5 Å². The summed E-state index contributed by atoms with van der Waals surface area (Å²) in [6.07, 6.45) is 1.57. The minimum absolute atomic E-state index is 0.140. The summed E-state index contributed by atoms with van der Waals surface area (Å²) in [6, 6.07) is 6.41. The van der Waals surface area contributed by atoms with Gasteiger partial charge >= 0.3 is 6.09 Å². The summed E-state index contributed by atoms with van der Waals surface area (Å²) in [4.78, 5) is 38.1. The standard InChI is InChI=1S/C21H24BrN5O3/c1-12(2)18(26-21(29)30-4)20(28)27-11-15(23-3)9-17(27)19-24-10-16(25-19)13-5-7-14(22)8-6-13/h5-8,10,12,15,17-18H,9,11H2,1-2,4H3,(H,24,25)(H,26,29)/t15-,17+,18+/m1/s1. The van der Waals surface area contributed by atoms with Crippen molar-refractivity contribution in [1.29, 1.82) is 0 Å². The number of rotatable bonds is 5. The molecule has 1 fully saturated rings. The lowest BCUT2D eigenvalue weighted by Crippen LogP contribution is -2.51. The monoisotopic (exact) mass is 473 g/mol. The first-order valence-corrected chi connectivity index (χ1v) is 10.5. The van der Waals surface area contributed by atoms with E-state index in [1.165, 1.54) is 7.11 Å². The predicted molar refractivity (Wildman–Crippen MR) is 115 cm³/mol. The van der Waals surface area contributed by atoms with Crippen molar-refractivity contribution in [3.8, 4) is 11.3 Å². The molecule has 1 saturated heterocycles.